The van der Waals surface area contributed by atoms with E-state index in [1.54, 1.807) is 0 Å². The van der Waals surface area contributed by atoms with E-state index in [-0.39, 0.29) is 0 Å². The molecule has 0 aliphatic heterocycles. The molecular formula is C13H16ClN3. The second kappa shape index (κ2) is 5.34. The highest BCUT2D eigenvalue weighted by Crippen LogP contribution is 2.24. The first-order chi connectivity index (χ1) is 8.20. The molecule has 2 aromatic rings. The number of hydrogen-bond acceptors (Lipinski definition) is 2. The van der Waals surface area contributed by atoms with Crippen LogP contribution < -0.4 is 5.32 Å². The van der Waals surface area contributed by atoms with Gasteiger partial charge in [0.15, 0.2) is 0 Å². The van der Waals surface area contributed by atoms with Crippen LogP contribution >= 0.6 is 11.6 Å². The standard InChI is InChI=1S/C13H16ClN3/c1-10-13(9-17(16-10)7-6-15-2)11-4-3-5-12(14)8-11/h3-5,8-9,15H,6-7H2,1-2H3. The molecule has 0 fully saturated rings. The van der Waals surface area contributed by atoms with Crippen molar-refractivity contribution in [2.75, 3.05) is 13.6 Å². The van der Waals surface area contributed by atoms with Gasteiger partial charge in [0.2, 0.25) is 0 Å². The fourth-order valence-electron chi connectivity index (χ4n) is 1.80. The molecule has 1 heterocycles. The first-order valence-electron chi connectivity index (χ1n) is 5.65. The van der Waals surface area contributed by atoms with Gasteiger partial charge in [0.05, 0.1) is 12.2 Å². The Kier molecular flexibility index (Phi) is 3.82. The zero-order valence-electron chi connectivity index (χ0n) is 10.1. The summed E-state index contributed by atoms with van der Waals surface area (Å²) in [6.07, 6.45) is 2.07. The highest BCUT2D eigenvalue weighted by Gasteiger charge is 2.07. The van der Waals surface area contributed by atoms with Gasteiger partial charge in [0, 0.05) is 23.3 Å². The Hall–Kier alpha value is -1.32. The summed E-state index contributed by atoms with van der Waals surface area (Å²) in [5.41, 5.74) is 3.29. The summed E-state index contributed by atoms with van der Waals surface area (Å²) in [5.74, 6) is 0. The lowest BCUT2D eigenvalue weighted by atomic mass is 10.1. The Labute approximate surface area is 106 Å². The average Bonchev–Trinajstić information content (AvgIpc) is 2.68. The van der Waals surface area contributed by atoms with Crippen LogP contribution in [-0.2, 0) is 6.54 Å². The van der Waals surface area contributed by atoms with Crippen molar-refractivity contribution in [1.82, 2.24) is 15.1 Å². The lowest BCUT2D eigenvalue weighted by molar-refractivity contribution is 0.581. The van der Waals surface area contributed by atoms with Gasteiger partial charge in [-0.3, -0.25) is 4.68 Å². The van der Waals surface area contributed by atoms with Crippen LogP contribution in [0.15, 0.2) is 30.5 Å². The number of nitrogens with zero attached hydrogens (tertiary/aromatic N) is 2. The molecule has 0 unspecified atom stereocenters. The molecule has 0 bridgehead atoms. The Balaban J connectivity index is 2.29. The molecule has 3 nitrogen and oxygen atoms in total. The van der Waals surface area contributed by atoms with Crippen molar-refractivity contribution in [1.29, 1.82) is 0 Å². The molecule has 0 radical (unpaired) electrons. The van der Waals surface area contributed by atoms with E-state index in [2.05, 4.69) is 22.7 Å². The molecule has 1 aromatic carbocycles. The third kappa shape index (κ3) is 2.87. The number of halogens is 1. The van der Waals surface area contributed by atoms with Crippen molar-refractivity contribution in [3.8, 4) is 11.1 Å². The number of hydrogen-bond donors (Lipinski definition) is 1. The number of benzene rings is 1. The van der Waals surface area contributed by atoms with Gasteiger partial charge >= 0.3 is 0 Å². The summed E-state index contributed by atoms with van der Waals surface area (Å²) in [5, 5.41) is 8.35. The predicted octanol–water partition coefficient (Wildman–Crippen LogP) is 2.73. The molecule has 0 amide bonds. The van der Waals surface area contributed by atoms with Crippen LogP contribution in [0.25, 0.3) is 11.1 Å². The molecule has 0 spiro atoms. The van der Waals surface area contributed by atoms with Crippen molar-refractivity contribution >= 4 is 11.6 Å². The molecule has 1 N–H and O–H groups in total. The molecule has 2 rings (SSSR count). The lowest BCUT2D eigenvalue weighted by Gasteiger charge is -2.00. The van der Waals surface area contributed by atoms with Crippen LogP contribution in [0.3, 0.4) is 0 Å². The summed E-state index contributed by atoms with van der Waals surface area (Å²) >= 11 is 6.00. The second-order valence-electron chi connectivity index (χ2n) is 4.01. The number of likely N-dealkylation sites (N-methyl/N-ethyl adjacent to an activating group) is 1. The molecule has 0 saturated carbocycles. The Morgan fingerprint density at radius 3 is 2.94 bits per heavy atom. The largest absolute Gasteiger partial charge is 0.318 e. The van der Waals surface area contributed by atoms with E-state index in [1.165, 1.54) is 0 Å². The molecule has 1 aromatic heterocycles. The predicted molar refractivity (Wildman–Crippen MR) is 71.3 cm³/mol. The van der Waals surface area contributed by atoms with Crippen LogP contribution in [0.5, 0.6) is 0 Å². The number of aromatic nitrogens is 2. The zero-order valence-corrected chi connectivity index (χ0v) is 10.8. The van der Waals surface area contributed by atoms with E-state index >= 15 is 0 Å². The number of nitrogens with one attached hydrogen (secondary N) is 1. The van der Waals surface area contributed by atoms with Gasteiger partial charge in [0.25, 0.3) is 0 Å². The summed E-state index contributed by atoms with van der Waals surface area (Å²) in [6, 6.07) is 7.86. The third-order valence-corrected chi connectivity index (χ3v) is 2.91. The van der Waals surface area contributed by atoms with Crippen LogP contribution in [0, 0.1) is 6.92 Å². The van der Waals surface area contributed by atoms with Gasteiger partial charge in [-0.2, -0.15) is 5.10 Å². The van der Waals surface area contributed by atoms with Gasteiger partial charge in [-0.1, -0.05) is 23.7 Å². The summed E-state index contributed by atoms with van der Waals surface area (Å²) in [7, 11) is 1.94. The zero-order chi connectivity index (χ0) is 12.3. The monoisotopic (exact) mass is 249 g/mol. The van der Waals surface area contributed by atoms with E-state index < -0.39 is 0 Å². The van der Waals surface area contributed by atoms with Crippen LogP contribution in [0.2, 0.25) is 5.02 Å². The molecular weight excluding hydrogens is 234 g/mol. The Bertz CT molecular complexity index is 505. The molecule has 90 valence electrons. The molecule has 0 aliphatic carbocycles. The maximum Gasteiger partial charge on any atom is 0.0672 e. The Morgan fingerprint density at radius 2 is 2.24 bits per heavy atom. The van der Waals surface area contributed by atoms with Crippen molar-refractivity contribution in [3.05, 3.63) is 41.2 Å². The maximum absolute atomic E-state index is 6.00. The number of aryl methyl sites for hydroxylation is 1. The smallest absolute Gasteiger partial charge is 0.0672 e. The Morgan fingerprint density at radius 1 is 1.41 bits per heavy atom. The molecule has 0 atom stereocenters. The maximum atomic E-state index is 6.00. The van der Waals surface area contributed by atoms with Gasteiger partial charge in [-0.15, -0.1) is 0 Å². The van der Waals surface area contributed by atoms with Crippen LogP contribution in [0.1, 0.15) is 5.69 Å². The van der Waals surface area contributed by atoms with Crippen molar-refractivity contribution in [2.24, 2.45) is 0 Å². The first kappa shape index (κ1) is 12.1. The SMILES string of the molecule is CNCCn1cc(-c2cccc(Cl)c2)c(C)n1. The van der Waals surface area contributed by atoms with Crippen molar-refractivity contribution in [3.63, 3.8) is 0 Å². The highest BCUT2D eigenvalue weighted by atomic mass is 35.5. The fraction of sp³-hybridized carbons (Fsp3) is 0.308. The fourth-order valence-corrected chi connectivity index (χ4v) is 1.99. The summed E-state index contributed by atoms with van der Waals surface area (Å²) < 4.78 is 1.96. The van der Waals surface area contributed by atoms with Crippen molar-refractivity contribution in [2.45, 2.75) is 13.5 Å². The van der Waals surface area contributed by atoms with E-state index in [4.69, 9.17) is 11.6 Å². The van der Waals surface area contributed by atoms with Gasteiger partial charge in [-0.25, -0.2) is 0 Å². The minimum absolute atomic E-state index is 0.755. The quantitative estimate of drug-likeness (QED) is 0.903. The summed E-state index contributed by atoms with van der Waals surface area (Å²) in [4.78, 5) is 0. The molecule has 4 heteroatoms. The third-order valence-electron chi connectivity index (χ3n) is 2.67. The molecule has 0 aliphatic rings. The van der Waals surface area contributed by atoms with E-state index in [9.17, 15) is 0 Å². The van der Waals surface area contributed by atoms with Crippen LogP contribution in [0.4, 0.5) is 0 Å². The van der Waals surface area contributed by atoms with Gasteiger partial charge in [0.1, 0.15) is 0 Å². The van der Waals surface area contributed by atoms with Crippen LogP contribution in [-0.4, -0.2) is 23.4 Å². The normalized spacial score (nSPS) is 10.8. The van der Waals surface area contributed by atoms with E-state index in [0.717, 1.165) is 34.9 Å². The van der Waals surface area contributed by atoms with Gasteiger partial charge in [-0.05, 0) is 31.7 Å². The van der Waals surface area contributed by atoms with E-state index in [0.29, 0.717) is 0 Å². The minimum atomic E-state index is 0.755. The summed E-state index contributed by atoms with van der Waals surface area (Å²) in [6.45, 7) is 3.81. The lowest BCUT2D eigenvalue weighted by Crippen LogP contribution is -2.15. The van der Waals surface area contributed by atoms with Gasteiger partial charge < -0.3 is 5.32 Å². The highest BCUT2D eigenvalue weighted by molar-refractivity contribution is 6.30. The second-order valence-corrected chi connectivity index (χ2v) is 4.44. The van der Waals surface area contributed by atoms with E-state index in [1.807, 2.05) is 36.9 Å². The minimum Gasteiger partial charge on any atom is -0.318 e. The molecule has 0 saturated heterocycles. The number of rotatable bonds is 4. The topological polar surface area (TPSA) is 29.9 Å². The van der Waals surface area contributed by atoms with Crippen molar-refractivity contribution < 1.29 is 0 Å². The molecule has 17 heavy (non-hydrogen) atoms. The average molecular weight is 250 g/mol. The first-order valence-corrected chi connectivity index (χ1v) is 6.03.